The number of thiophene rings is 1. The average Bonchev–Trinajstić information content (AvgIpc) is 3.55. The maximum Gasteiger partial charge on any atom is 0.341 e. The molecule has 1 aliphatic rings. The molecule has 2 aromatic heterocycles. The molecule has 11 heteroatoms. The van der Waals surface area contributed by atoms with E-state index in [-0.39, 0.29) is 30.7 Å². The zero-order valence-electron chi connectivity index (χ0n) is 23.9. The summed E-state index contributed by atoms with van der Waals surface area (Å²) in [5.41, 5.74) is 4.95. The van der Waals surface area contributed by atoms with E-state index >= 15 is 0 Å². The van der Waals surface area contributed by atoms with Gasteiger partial charge in [0.15, 0.2) is 11.0 Å². The van der Waals surface area contributed by atoms with Crippen molar-refractivity contribution >= 4 is 45.9 Å². The Morgan fingerprint density at radius 1 is 1.02 bits per heavy atom. The minimum atomic E-state index is -0.392. The molecule has 42 heavy (non-hydrogen) atoms. The Morgan fingerprint density at radius 2 is 1.79 bits per heavy atom. The molecule has 0 saturated carbocycles. The second-order valence-corrected chi connectivity index (χ2v) is 12.1. The lowest BCUT2D eigenvalue weighted by molar-refractivity contribution is -0.113. The van der Waals surface area contributed by atoms with Gasteiger partial charge in [0.2, 0.25) is 5.91 Å². The van der Waals surface area contributed by atoms with Crippen LogP contribution >= 0.6 is 23.1 Å². The van der Waals surface area contributed by atoms with Crippen LogP contribution in [0, 0.1) is 13.8 Å². The van der Waals surface area contributed by atoms with E-state index in [1.807, 2.05) is 60.9 Å². The third-order valence-electron chi connectivity index (χ3n) is 6.88. The van der Waals surface area contributed by atoms with Gasteiger partial charge in [-0.15, -0.1) is 21.5 Å². The summed E-state index contributed by atoms with van der Waals surface area (Å²) in [6, 6.07) is 15.3. The first-order valence-corrected chi connectivity index (χ1v) is 15.7. The maximum atomic E-state index is 13.1. The SMILES string of the molecule is CCOC(=O)c1c(NC(=O)CSc2nnc(CNC(=O)c3cccc(C)c3)n2-c2cccc(C)c2)sc2c1CCCC2. The van der Waals surface area contributed by atoms with Crippen LogP contribution in [0.25, 0.3) is 5.69 Å². The molecule has 0 bridgehead atoms. The molecule has 0 fully saturated rings. The fourth-order valence-corrected chi connectivity index (χ4v) is 7.01. The number of aromatic nitrogens is 3. The van der Waals surface area contributed by atoms with E-state index in [0.717, 1.165) is 52.9 Å². The smallest absolute Gasteiger partial charge is 0.341 e. The molecular formula is C31H33N5O4S2. The van der Waals surface area contributed by atoms with Gasteiger partial charge in [0.25, 0.3) is 5.91 Å². The summed E-state index contributed by atoms with van der Waals surface area (Å²) in [7, 11) is 0. The number of carbonyl (C=O) groups is 3. The summed E-state index contributed by atoms with van der Waals surface area (Å²) < 4.78 is 7.17. The first-order valence-electron chi connectivity index (χ1n) is 13.9. The van der Waals surface area contributed by atoms with E-state index in [1.165, 1.54) is 23.1 Å². The highest BCUT2D eigenvalue weighted by Gasteiger charge is 2.27. The highest BCUT2D eigenvalue weighted by atomic mass is 32.2. The van der Waals surface area contributed by atoms with E-state index < -0.39 is 5.97 Å². The number of fused-ring (bicyclic) bond motifs is 1. The number of amides is 2. The van der Waals surface area contributed by atoms with E-state index in [0.29, 0.717) is 27.1 Å². The Labute approximate surface area is 253 Å². The second-order valence-electron chi connectivity index (χ2n) is 10.1. The minimum absolute atomic E-state index is 0.0600. The van der Waals surface area contributed by atoms with Crippen LogP contribution in [0.4, 0.5) is 5.00 Å². The van der Waals surface area contributed by atoms with Gasteiger partial charge in [-0.05, 0) is 81.8 Å². The van der Waals surface area contributed by atoms with Crippen LogP contribution in [0.1, 0.15) is 67.9 Å². The highest BCUT2D eigenvalue weighted by molar-refractivity contribution is 7.99. The molecule has 0 atom stereocenters. The van der Waals surface area contributed by atoms with E-state index in [1.54, 1.807) is 13.0 Å². The van der Waals surface area contributed by atoms with Gasteiger partial charge in [0, 0.05) is 16.1 Å². The Morgan fingerprint density at radius 3 is 2.55 bits per heavy atom. The van der Waals surface area contributed by atoms with E-state index in [9.17, 15) is 14.4 Å². The summed E-state index contributed by atoms with van der Waals surface area (Å²) in [5.74, 6) is -0.249. The van der Waals surface area contributed by atoms with E-state index in [4.69, 9.17) is 4.74 Å². The summed E-state index contributed by atoms with van der Waals surface area (Å²) in [4.78, 5) is 39.9. The first-order chi connectivity index (χ1) is 20.3. The number of nitrogens with one attached hydrogen (secondary N) is 2. The van der Waals surface area contributed by atoms with Gasteiger partial charge in [-0.3, -0.25) is 14.2 Å². The van der Waals surface area contributed by atoms with Gasteiger partial charge in [-0.2, -0.15) is 0 Å². The molecule has 5 rings (SSSR count). The van der Waals surface area contributed by atoms with Crippen molar-refractivity contribution in [2.75, 3.05) is 17.7 Å². The van der Waals surface area contributed by atoms with Crippen LogP contribution in [0.2, 0.25) is 0 Å². The number of carbonyl (C=O) groups excluding carboxylic acids is 3. The van der Waals surface area contributed by atoms with Crippen molar-refractivity contribution in [3.8, 4) is 5.69 Å². The highest BCUT2D eigenvalue weighted by Crippen LogP contribution is 2.38. The van der Waals surface area contributed by atoms with Crippen LogP contribution in [0.15, 0.2) is 53.7 Å². The predicted octanol–water partition coefficient (Wildman–Crippen LogP) is 5.66. The van der Waals surface area contributed by atoms with Crippen LogP contribution in [0.5, 0.6) is 0 Å². The predicted molar refractivity (Wildman–Crippen MR) is 165 cm³/mol. The van der Waals surface area contributed by atoms with E-state index in [2.05, 4.69) is 20.8 Å². The van der Waals surface area contributed by atoms with Gasteiger partial charge in [-0.25, -0.2) is 4.79 Å². The number of rotatable bonds is 10. The van der Waals surface area contributed by atoms with Crippen LogP contribution < -0.4 is 10.6 Å². The van der Waals surface area contributed by atoms with Crippen LogP contribution in [-0.4, -0.2) is 44.9 Å². The number of nitrogens with zero attached hydrogens (tertiary/aromatic N) is 3. The molecule has 0 spiro atoms. The summed E-state index contributed by atoms with van der Waals surface area (Å²) in [6.45, 7) is 6.14. The van der Waals surface area contributed by atoms with Crippen molar-refractivity contribution in [1.82, 2.24) is 20.1 Å². The monoisotopic (exact) mass is 603 g/mol. The quantitative estimate of drug-likeness (QED) is 0.178. The molecular weight excluding hydrogens is 571 g/mol. The normalized spacial score (nSPS) is 12.5. The average molecular weight is 604 g/mol. The molecule has 9 nitrogen and oxygen atoms in total. The summed E-state index contributed by atoms with van der Waals surface area (Å²) in [5, 5.41) is 15.7. The summed E-state index contributed by atoms with van der Waals surface area (Å²) in [6.07, 6.45) is 3.80. The standard InChI is InChI=1S/C31H33N5O4S2/c1-4-40-30(39)27-23-13-5-6-14-24(23)42-29(27)33-26(37)18-41-31-35-34-25(36(31)22-12-8-10-20(3)16-22)17-32-28(38)21-11-7-9-19(2)15-21/h7-12,15-16H,4-6,13-14,17-18H2,1-3H3,(H,32,38)(H,33,37). The Hall–Kier alpha value is -3.96. The van der Waals surface area contributed by atoms with Gasteiger partial charge in [-0.1, -0.05) is 41.6 Å². The number of ether oxygens (including phenoxy) is 1. The zero-order chi connectivity index (χ0) is 29.6. The van der Waals surface area contributed by atoms with Crippen molar-refractivity contribution < 1.29 is 19.1 Å². The number of hydrogen-bond donors (Lipinski definition) is 2. The molecule has 2 heterocycles. The Kier molecular flexibility index (Phi) is 9.38. The molecule has 2 N–H and O–H groups in total. The van der Waals surface area contributed by atoms with Crippen molar-refractivity contribution in [2.24, 2.45) is 0 Å². The topological polar surface area (TPSA) is 115 Å². The molecule has 0 radical (unpaired) electrons. The number of thioether (sulfide) groups is 1. The van der Waals surface area contributed by atoms with Gasteiger partial charge >= 0.3 is 5.97 Å². The van der Waals surface area contributed by atoms with Crippen LogP contribution in [0.3, 0.4) is 0 Å². The molecule has 1 aliphatic carbocycles. The van der Waals surface area contributed by atoms with Crippen LogP contribution in [-0.2, 0) is 28.9 Å². The second kappa shape index (κ2) is 13.3. The molecule has 2 aromatic carbocycles. The number of aryl methyl sites for hydroxylation is 3. The third-order valence-corrected chi connectivity index (χ3v) is 9.02. The molecule has 0 aliphatic heterocycles. The zero-order valence-corrected chi connectivity index (χ0v) is 25.5. The molecule has 0 saturated heterocycles. The first kappa shape index (κ1) is 29.5. The van der Waals surface area contributed by atoms with Crippen molar-refractivity contribution in [2.45, 2.75) is 58.2 Å². The van der Waals surface area contributed by atoms with Gasteiger partial charge in [0.05, 0.1) is 24.5 Å². The minimum Gasteiger partial charge on any atom is -0.462 e. The molecule has 2 amide bonds. The fraction of sp³-hybridized carbons (Fsp3) is 0.323. The van der Waals surface area contributed by atoms with Gasteiger partial charge < -0.3 is 15.4 Å². The Bertz CT molecular complexity index is 1630. The third kappa shape index (κ3) is 6.74. The molecule has 0 unspecified atom stereocenters. The Balaban J connectivity index is 1.33. The fourth-order valence-electron chi connectivity index (χ4n) is 4.95. The van der Waals surface area contributed by atoms with Crippen molar-refractivity contribution in [3.05, 3.63) is 87.0 Å². The number of anilines is 1. The largest absolute Gasteiger partial charge is 0.462 e. The van der Waals surface area contributed by atoms with Crippen molar-refractivity contribution in [3.63, 3.8) is 0 Å². The lowest BCUT2D eigenvalue weighted by atomic mass is 9.95. The number of esters is 1. The lowest BCUT2D eigenvalue weighted by Gasteiger charge is -2.13. The maximum absolute atomic E-state index is 13.1. The van der Waals surface area contributed by atoms with Crippen molar-refractivity contribution in [1.29, 1.82) is 0 Å². The number of hydrogen-bond acceptors (Lipinski definition) is 8. The number of benzene rings is 2. The molecule has 4 aromatic rings. The molecule has 218 valence electrons. The lowest BCUT2D eigenvalue weighted by Crippen LogP contribution is -2.24. The summed E-state index contributed by atoms with van der Waals surface area (Å²) >= 11 is 2.71. The van der Waals surface area contributed by atoms with Gasteiger partial charge in [0.1, 0.15) is 5.00 Å².